The van der Waals surface area contributed by atoms with Gasteiger partial charge in [-0.05, 0) is 18.9 Å². The number of halogens is 3. The minimum absolute atomic E-state index is 0.121. The molecule has 3 atom stereocenters. The third-order valence-electron chi connectivity index (χ3n) is 3.71. The number of nitrogens with zero attached hydrogens (tertiary/aromatic N) is 1. The summed E-state index contributed by atoms with van der Waals surface area (Å²) in [4.78, 5) is 15.0. The summed E-state index contributed by atoms with van der Waals surface area (Å²) >= 11 is 0. The van der Waals surface area contributed by atoms with Gasteiger partial charge in [0.05, 0.1) is 11.6 Å². The van der Waals surface area contributed by atoms with Crippen LogP contribution in [0.4, 0.5) is 13.2 Å². The van der Waals surface area contributed by atoms with Crippen LogP contribution in [0.1, 0.15) is 30.0 Å². The van der Waals surface area contributed by atoms with Gasteiger partial charge in [0.2, 0.25) is 0 Å². The van der Waals surface area contributed by atoms with Crippen molar-refractivity contribution in [3.05, 3.63) is 23.5 Å². The molecule has 7 heteroatoms. The molecule has 4 nitrogen and oxygen atoms in total. The van der Waals surface area contributed by atoms with Gasteiger partial charge in [-0.3, -0.25) is 9.78 Å². The van der Waals surface area contributed by atoms with Gasteiger partial charge in [0.25, 0.3) is 0 Å². The molecule has 0 aromatic carbocycles. The molecule has 1 aliphatic carbocycles. The van der Waals surface area contributed by atoms with Crippen molar-refractivity contribution in [1.29, 1.82) is 0 Å². The average Bonchev–Trinajstić information content (AvgIpc) is 2.66. The molecule has 19 heavy (non-hydrogen) atoms. The molecule has 1 aliphatic heterocycles. The third kappa shape index (κ3) is 1.84. The number of carboxylic acids is 1. The quantitative estimate of drug-likeness (QED) is 0.853. The van der Waals surface area contributed by atoms with E-state index in [4.69, 9.17) is 9.84 Å². The number of carbonyl (C=O) groups is 1. The summed E-state index contributed by atoms with van der Waals surface area (Å²) in [5.41, 5.74) is -0.755. The Balaban J connectivity index is 2.11. The number of aliphatic carboxylic acids is 1. The lowest BCUT2D eigenvalue weighted by Crippen LogP contribution is -2.22. The van der Waals surface area contributed by atoms with E-state index in [2.05, 4.69) is 4.98 Å². The van der Waals surface area contributed by atoms with Crippen LogP contribution in [0.15, 0.2) is 12.3 Å². The molecular weight excluding hydrogens is 263 g/mol. The number of hydrogen-bond donors (Lipinski definition) is 1. The smallest absolute Gasteiger partial charge is 0.420 e. The first kappa shape index (κ1) is 12.3. The van der Waals surface area contributed by atoms with Crippen LogP contribution in [-0.4, -0.2) is 22.2 Å². The second-order valence-electron chi connectivity index (χ2n) is 4.83. The lowest BCUT2D eigenvalue weighted by atomic mass is 9.90. The molecule has 0 saturated heterocycles. The minimum atomic E-state index is -4.53. The molecule has 1 saturated carbocycles. The van der Waals surface area contributed by atoms with E-state index in [0.717, 1.165) is 12.3 Å². The highest BCUT2D eigenvalue weighted by molar-refractivity contribution is 5.72. The predicted molar refractivity (Wildman–Crippen MR) is 56.8 cm³/mol. The van der Waals surface area contributed by atoms with Crippen molar-refractivity contribution in [2.75, 3.05) is 0 Å². The van der Waals surface area contributed by atoms with Crippen LogP contribution < -0.4 is 4.74 Å². The van der Waals surface area contributed by atoms with Crippen molar-refractivity contribution in [1.82, 2.24) is 4.98 Å². The van der Waals surface area contributed by atoms with E-state index in [9.17, 15) is 18.0 Å². The first-order valence-corrected chi connectivity index (χ1v) is 5.83. The van der Waals surface area contributed by atoms with Crippen LogP contribution in [0.3, 0.4) is 0 Å². The van der Waals surface area contributed by atoms with E-state index < -0.39 is 35.6 Å². The molecule has 2 heterocycles. The van der Waals surface area contributed by atoms with Crippen molar-refractivity contribution in [3.63, 3.8) is 0 Å². The minimum Gasteiger partial charge on any atom is -0.488 e. The number of pyridine rings is 1. The monoisotopic (exact) mass is 273 g/mol. The zero-order chi connectivity index (χ0) is 13.8. The Labute approximate surface area is 106 Å². The molecule has 1 aromatic rings. The Bertz CT molecular complexity index is 544. The zero-order valence-electron chi connectivity index (χ0n) is 9.65. The van der Waals surface area contributed by atoms with Gasteiger partial charge in [0.1, 0.15) is 11.7 Å². The highest BCUT2D eigenvalue weighted by Gasteiger charge is 2.49. The van der Waals surface area contributed by atoms with Crippen molar-refractivity contribution in [2.45, 2.75) is 31.0 Å². The number of fused-ring (bicyclic) bond motifs is 4. The van der Waals surface area contributed by atoms with Gasteiger partial charge in [-0.1, -0.05) is 0 Å². The van der Waals surface area contributed by atoms with Crippen LogP contribution in [0.5, 0.6) is 5.75 Å². The molecular formula is C12H10F3NO3. The van der Waals surface area contributed by atoms with E-state index in [-0.39, 0.29) is 17.9 Å². The zero-order valence-corrected chi connectivity index (χ0v) is 9.65. The van der Waals surface area contributed by atoms with Crippen molar-refractivity contribution in [3.8, 4) is 5.75 Å². The normalized spacial score (nSPS) is 28.7. The third-order valence-corrected chi connectivity index (χ3v) is 3.71. The largest absolute Gasteiger partial charge is 0.488 e. The summed E-state index contributed by atoms with van der Waals surface area (Å²) in [5, 5.41) is 9.11. The summed E-state index contributed by atoms with van der Waals surface area (Å²) in [6.45, 7) is 0. The van der Waals surface area contributed by atoms with Gasteiger partial charge in [-0.2, -0.15) is 13.2 Å². The summed E-state index contributed by atoms with van der Waals surface area (Å²) in [7, 11) is 0. The molecule has 0 spiro atoms. The van der Waals surface area contributed by atoms with Crippen molar-refractivity contribution in [2.24, 2.45) is 5.92 Å². The maximum atomic E-state index is 12.9. The average molecular weight is 273 g/mol. The molecule has 2 bridgehead atoms. The topological polar surface area (TPSA) is 59.4 Å². The molecule has 0 amide bonds. The molecule has 102 valence electrons. The van der Waals surface area contributed by atoms with Gasteiger partial charge in [-0.15, -0.1) is 0 Å². The fourth-order valence-corrected chi connectivity index (χ4v) is 2.90. The highest BCUT2D eigenvalue weighted by Crippen LogP contribution is 2.51. The number of ether oxygens (including phenoxy) is 1. The first-order chi connectivity index (χ1) is 8.88. The number of aromatic nitrogens is 1. The van der Waals surface area contributed by atoms with E-state index in [0.29, 0.717) is 6.42 Å². The second kappa shape index (κ2) is 3.85. The van der Waals surface area contributed by atoms with E-state index in [1.165, 1.54) is 0 Å². The van der Waals surface area contributed by atoms with Gasteiger partial charge in [-0.25, -0.2) is 0 Å². The molecule has 3 unspecified atom stereocenters. The Morgan fingerprint density at radius 3 is 2.79 bits per heavy atom. The number of alkyl halides is 3. The maximum absolute atomic E-state index is 12.9. The second-order valence-corrected chi connectivity index (χ2v) is 4.83. The molecule has 3 rings (SSSR count). The fraction of sp³-hybridized carbons (Fsp3) is 0.500. The Morgan fingerprint density at radius 2 is 2.16 bits per heavy atom. The molecule has 1 N–H and O–H groups in total. The van der Waals surface area contributed by atoms with Crippen molar-refractivity contribution >= 4 is 5.97 Å². The van der Waals surface area contributed by atoms with Gasteiger partial charge < -0.3 is 9.84 Å². The molecule has 2 aliphatic rings. The van der Waals surface area contributed by atoms with Crippen LogP contribution in [0, 0.1) is 5.92 Å². The number of carboxylic acid groups (broad SMARTS) is 1. The SMILES string of the molecule is O=C(O)C1CC2CC1c1nccc(C(F)(F)F)c1O2. The van der Waals surface area contributed by atoms with E-state index >= 15 is 0 Å². The molecule has 1 aromatic heterocycles. The first-order valence-electron chi connectivity index (χ1n) is 5.83. The predicted octanol–water partition coefficient (Wildman–Crippen LogP) is 2.44. The van der Waals surface area contributed by atoms with E-state index in [1.807, 2.05) is 0 Å². The Hall–Kier alpha value is -1.79. The van der Waals surface area contributed by atoms with Crippen LogP contribution in [0.2, 0.25) is 0 Å². The Morgan fingerprint density at radius 1 is 1.42 bits per heavy atom. The summed E-state index contributed by atoms with van der Waals surface area (Å²) in [5.74, 6) is -2.51. The summed E-state index contributed by atoms with van der Waals surface area (Å²) in [6, 6.07) is 0.860. The summed E-state index contributed by atoms with van der Waals surface area (Å²) < 4.78 is 44.0. The van der Waals surface area contributed by atoms with Crippen LogP contribution in [-0.2, 0) is 11.0 Å². The molecule has 1 fully saturated rings. The number of hydrogen-bond acceptors (Lipinski definition) is 3. The van der Waals surface area contributed by atoms with Gasteiger partial charge in [0.15, 0.2) is 5.75 Å². The fourth-order valence-electron chi connectivity index (χ4n) is 2.90. The van der Waals surface area contributed by atoms with Crippen molar-refractivity contribution < 1.29 is 27.8 Å². The Kier molecular flexibility index (Phi) is 2.48. The maximum Gasteiger partial charge on any atom is 0.420 e. The number of rotatable bonds is 1. The van der Waals surface area contributed by atoms with Gasteiger partial charge in [0, 0.05) is 12.1 Å². The highest BCUT2D eigenvalue weighted by atomic mass is 19.4. The van der Waals surface area contributed by atoms with Gasteiger partial charge >= 0.3 is 12.1 Å². The summed E-state index contributed by atoms with van der Waals surface area (Å²) in [6.07, 6.45) is -3.29. The van der Waals surface area contributed by atoms with Crippen LogP contribution >= 0.6 is 0 Å². The lowest BCUT2D eigenvalue weighted by Gasteiger charge is -2.26. The van der Waals surface area contributed by atoms with E-state index in [1.54, 1.807) is 0 Å². The standard InChI is InChI=1S/C12H10F3NO3/c13-12(14,15)8-1-2-16-9-6-3-5(19-10(8)9)4-7(6)11(17)18/h1-2,5-7H,3-4H2,(H,17,18). The van der Waals surface area contributed by atoms with Crippen LogP contribution in [0.25, 0.3) is 0 Å². The molecule has 0 radical (unpaired) electrons. The lowest BCUT2D eigenvalue weighted by molar-refractivity contribution is -0.142.